The van der Waals surface area contributed by atoms with Crippen molar-refractivity contribution < 1.29 is 13.9 Å². The van der Waals surface area contributed by atoms with Crippen LogP contribution in [0, 0.1) is 17.0 Å². The molecular formula is C12H15F2NO. The number of hydrogen-bond donors (Lipinski definition) is 1. The smallest absolute Gasteiger partial charge is 0.160 e. The Balaban J connectivity index is 2.09. The summed E-state index contributed by atoms with van der Waals surface area (Å²) in [6, 6.07) is 3.86. The maximum atomic E-state index is 13.0. The highest BCUT2D eigenvalue weighted by molar-refractivity contribution is 5.46. The van der Waals surface area contributed by atoms with Gasteiger partial charge >= 0.3 is 0 Å². The van der Waals surface area contributed by atoms with Crippen LogP contribution < -0.4 is 4.90 Å². The van der Waals surface area contributed by atoms with Gasteiger partial charge < -0.3 is 10.0 Å². The number of anilines is 1. The third kappa shape index (κ3) is 2.16. The van der Waals surface area contributed by atoms with E-state index in [9.17, 15) is 13.9 Å². The number of rotatable bonds is 4. The van der Waals surface area contributed by atoms with E-state index in [1.807, 2.05) is 11.9 Å². The van der Waals surface area contributed by atoms with Crippen molar-refractivity contribution in [3.63, 3.8) is 0 Å². The molecule has 0 heterocycles. The Kier molecular flexibility index (Phi) is 2.84. The predicted molar refractivity (Wildman–Crippen MR) is 58.4 cm³/mol. The molecule has 0 unspecified atom stereocenters. The van der Waals surface area contributed by atoms with Crippen molar-refractivity contribution in [3.8, 4) is 0 Å². The molecule has 0 saturated heterocycles. The van der Waals surface area contributed by atoms with Crippen LogP contribution in [0.5, 0.6) is 0 Å². The first-order chi connectivity index (χ1) is 7.56. The second kappa shape index (κ2) is 4.01. The van der Waals surface area contributed by atoms with Crippen LogP contribution in [0.2, 0.25) is 0 Å². The number of aliphatic hydroxyl groups is 1. The molecule has 4 heteroatoms. The van der Waals surface area contributed by atoms with Gasteiger partial charge in [-0.05, 0) is 25.0 Å². The molecule has 1 aliphatic rings. The van der Waals surface area contributed by atoms with Gasteiger partial charge in [0.15, 0.2) is 11.6 Å². The largest absolute Gasteiger partial charge is 0.396 e. The number of benzene rings is 1. The van der Waals surface area contributed by atoms with Crippen molar-refractivity contribution in [2.24, 2.45) is 5.41 Å². The maximum absolute atomic E-state index is 13.0. The zero-order chi connectivity index (χ0) is 11.8. The van der Waals surface area contributed by atoms with Crippen molar-refractivity contribution in [1.29, 1.82) is 0 Å². The van der Waals surface area contributed by atoms with Crippen LogP contribution in [0.25, 0.3) is 0 Å². The molecule has 1 N–H and O–H groups in total. The SMILES string of the molecule is CN(CC1(CO)CC1)c1ccc(F)c(F)c1. The monoisotopic (exact) mass is 227 g/mol. The van der Waals surface area contributed by atoms with Gasteiger partial charge in [-0.1, -0.05) is 0 Å². The molecule has 1 fully saturated rings. The van der Waals surface area contributed by atoms with Gasteiger partial charge in [-0.25, -0.2) is 8.78 Å². The fourth-order valence-corrected chi connectivity index (χ4v) is 1.86. The Hall–Kier alpha value is -1.16. The van der Waals surface area contributed by atoms with Gasteiger partial charge in [0.2, 0.25) is 0 Å². The van der Waals surface area contributed by atoms with E-state index in [0.717, 1.165) is 18.9 Å². The molecule has 0 bridgehead atoms. The summed E-state index contributed by atoms with van der Waals surface area (Å²) in [5, 5.41) is 9.19. The van der Waals surface area contributed by atoms with E-state index in [0.29, 0.717) is 12.2 Å². The molecule has 0 amide bonds. The standard InChI is InChI=1S/C12H15F2NO/c1-15(7-12(8-16)4-5-12)9-2-3-10(13)11(14)6-9/h2-3,6,16H,4-5,7-8H2,1H3. The fourth-order valence-electron chi connectivity index (χ4n) is 1.86. The van der Waals surface area contributed by atoms with E-state index in [1.165, 1.54) is 6.07 Å². The summed E-state index contributed by atoms with van der Waals surface area (Å²) < 4.78 is 25.8. The maximum Gasteiger partial charge on any atom is 0.160 e. The Labute approximate surface area is 93.5 Å². The molecule has 0 spiro atoms. The molecule has 1 saturated carbocycles. The number of hydrogen-bond acceptors (Lipinski definition) is 2. The molecule has 16 heavy (non-hydrogen) atoms. The molecule has 1 aromatic rings. The highest BCUT2D eigenvalue weighted by atomic mass is 19.2. The van der Waals surface area contributed by atoms with Crippen molar-refractivity contribution in [2.75, 3.05) is 25.1 Å². The number of halogens is 2. The van der Waals surface area contributed by atoms with Crippen LogP contribution in [0.3, 0.4) is 0 Å². The number of aliphatic hydroxyl groups excluding tert-OH is 1. The van der Waals surface area contributed by atoms with Crippen molar-refractivity contribution >= 4 is 5.69 Å². The minimum atomic E-state index is -0.835. The van der Waals surface area contributed by atoms with Crippen molar-refractivity contribution in [1.82, 2.24) is 0 Å². The lowest BCUT2D eigenvalue weighted by atomic mass is 10.1. The van der Waals surface area contributed by atoms with E-state index in [4.69, 9.17) is 0 Å². The summed E-state index contributed by atoms with van der Waals surface area (Å²) in [6.07, 6.45) is 2.00. The van der Waals surface area contributed by atoms with Crippen LogP contribution >= 0.6 is 0 Å². The molecule has 88 valence electrons. The summed E-state index contributed by atoms with van der Waals surface area (Å²) in [4.78, 5) is 1.85. The van der Waals surface area contributed by atoms with Gasteiger partial charge in [-0.15, -0.1) is 0 Å². The second-order valence-corrected chi connectivity index (χ2v) is 4.61. The van der Waals surface area contributed by atoms with Gasteiger partial charge in [0, 0.05) is 30.8 Å². The van der Waals surface area contributed by atoms with Crippen LogP contribution in [0.4, 0.5) is 14.5 Å². The molecule has 1 aliphatic carbocycles. The Morgan fingerprint density at radius 1 is 1.31 bits per heavy atom. The number of nitrogens with zero attached hydrogens (tertiary/aromatic N) is 1. The molecular weight excluding hydrogens is 212 g/mol. The van der Waals surface area contributed by atoms with Crippen molar-refractivity contribution in [3.05, 3.63) is 29.8 Å². The van der Waals surface area contributed by atoms with E-state index in [2.05, 4.69) is 0 Å². The lowest BCUT2D eigenvalue weighted by Gasteiger charge is -2.24. The summed E-state index contributed by atoms with van der Waals surface area (Å²) in [7, 11) is 1.82. The van der Waals surface area contributed by atoms with Gasteiger partial charge in [0.1, 0.15) is 0 Å². The van der Waals surface area contributed by atoms with Crippen LogP contribution in [0.15, 0.2) is 18.2 Å². The summed E-state index contributed by atoms with van der Waals surface area (Å²) in [6.45, 7) is 0.829. The first kappa shape index (κ1) is 11.3. The van der Waals surface area contributed by atoms with Crippen LogP contribution in [0.1, 0.15) is 12.8 Å². The fraction of sp³-hybridized carbons (Fsp3) is 0.500. The predicted octanol–water partition coefficient (Wildman–Crippen LogP) is 2.17. The second-order valence-electron chi connectivity index (χ2n) is 4.61. The average Bonchev–Trinajstić information content (AvgIpc) is 3.02. The minimum Gasteiger partial charge on any atom is -0.396 e. The molecule has 0 atom stereocenters. The summed E-state index contributed by atoms with van der Waals surface area (Å²) in [5.41, 5.74) is 0.609. The van der Waals surface area contributed by atoms with Crippen LogP contribution in [-0.2, 0) is 0 Å². The molecule has 2 nitrogen and oxygen atoms in total. The molecule has 0 aliphatic heterocycles. The first-order valence-corrected chi connectivity index (χ1v) is 5.33. The average molecular weight is 227 g/mol. The van der Waals surface area contributed by atoms with Crippen LogP contribution in [-0.4, -0.2) is 25.3 Å². The van der Waals surface area contributed by atoms with Gasteiger partial charge in [-0.2, -0.15) is 0 Å². The van der Waals surface area contributed by atoms with E-state index in [1.54, 1.807) is 6.07 Å². The van der Waals surface area contributed by atoms with Gasteiger partial charge in [-0.3, -0.25) is 0 Å². The summed E-state index contributed by atoms with van der Waals surface area (Å²) >= 11 is 0. The Morgan fingerprint density at radius 2 is 2.00 bits per heavy atom. The first-order valence-electron chi connectivity index (χ1n) is 5.33. The Bertz CT molecular complexity index is 391. The zero-order valence-electron chi connectivity index (χ0n) is 9.21. The molecule has 2 rings (SSSR count). The highest BCUT2D eigenvalue weighted by Crippen LogP contribution is 2.45. The normalized spacial score (nSPS) is 17.2. The van der Waals surface area contributed by atoms with Gasteiger partial charge in [0.25, 0.3) is 0 Å². The van der Waals surface area contributed by atoms with Gasteiger partial charge in [0.05, 0.1) is 6.61 Å². The van der Waals surface area contributed by atoms with E-state index >= 15 is 0 Å². The topological polar surface area (TPSA) is 23.5 Å². The third-order valence-corrected chi connectivity index (χ3v) is 3.21. The minimum absolute atomic E-state index is 0.0282. The third-order valence-electron chi connectivity index (χ3n) is 3.21. The van der Waals surface area contributed by atoms with E-state index < -0.39 is 11.6 Å². The summed E-state index contributed by atoms with van der Waals surface area (Å²) in [5.74, 6) is -1.67. The lowest BCUT2D eigenvalue weighted by molar-refractivity contribution is 0.215. The van der Waals surface area contributed by atoms with E-state index in [-0.39, 0.29) is 12.0 Å². The van der Waals surface area contributed by atoms with Crippen molar-refractivity contribution in [2.45, 2.75) is 12.8 Å². The molecule has 0 radical (unpaired) electrons. The molecule has 0 aromatic heterocycles. The quantitative estimate of drug-likeness (QED) is 0.852. The lowest BCUT2D eigenvalue weighted by Crippen LogP contribution is -2.28. The molecule has 1 aromatic carbocycles. The highest BCUT2D eigenvalue weighted by Gasteiger charge is 2.42. The zero-order valence-corrected chi connectivity index (χ0v) is 9.21. The Morgan fingerprint density at radius 3 is 2.50 bits per heavy atom.